The van der Waals surface area contributed by atoms with Crippen molar-refractivity contribution >= 4 is 38.6 Å². The van der Waals surface area contributed by atoms with Gasteiger partial charge in [0.25, 0.3) is 0 Å². The molecule has 0 spiro atoms. The van der Waals surface area contributed by atoms with Crippen LogP contribution in [0.25, 0.3) is 10.8 Å². The van der Waals surface area contributed by atoms with Crippen molar-refractivity contribution in [3.63, 3.8) is 0 Å². The Labute approximate surface area is 106 Å². The molecule has 0 radical (unpaired) electrons. The molecular formula is C13H7BrO3. The molecule has 0 saturated heterocycles. The van der Waals surface area contributed by atoms with E-state index in [4.69, 9.17) is 4.74 Å². The van der Waals surface area contributed by atoms with E-state index in [1.807, 2.05) is 13.0 Å². The molecule has 0 N–H and O–H groups in total. The summed E-state index contributed by atoms with van der Waals surface area (Å²) in [6, 6.07) is 7.07. The van der Waals surface area contributed by atoms with Crippen LogP contribution in [0.1, 0.15) is 26.3 Å². The van der Waals surface area contributed by atoms with Crippen LogP contribution in [0.3, 0.4) is 0 Å². The predicted molar refractivity (Wildman–Crippen MR) is 66.1 cm³/mol. The van der Waals surface area contributed by atoms with E-state index < -0.39 is 11.9 Å². The number of cyclic esters (lactones) is 2. The summed E-state index contributed by atoms with van der Waals surface area (Å²) in [6.45, 7) is 1.90. The third-order valence-electron chi connectivity index (χ3n) is 2.90. The number of benzene rings is 2. The molecule has 1 heterocycles. The van der Waals surface area contributed by atoms with Crippen LogP contribution in [0, 0.1) is 6.92 Å². The lowest BCUT2D eigenvalue weighted by molar-refractivity contribution is 0.0391. The quantitative estimate of drug-likeness (QED) is 0.553. The zero-order chi connectivity index (χ0) is 12.2. The third-order valence-corrected chi connectivity index (χ3v) is 3.96. The lowest BCUT2D eigenvalue weighted by Gasteiger charge is -2.17. The van der Waals surface area contributed by atoms with Gasteiger partial charge in [-0.15, -0.1) is 0 Å². The van der Waals surface area contributed by atoms with Crippen LogP contribution in [0.2, 0.25) is 0 Å². The highest BCUT2D eigenvalue weighted by Gasteiger charge is 2.28. The number of carbonyl (C=O) groups excluding carboxylic acids is 2. The van der Waals surface area contributed by atoms with E-state index in [0.717, 1.165) is 15.4 Å². The summed E-state index contributed by atoms with van der Waals surface area (Å²) in [5.41, 5.74) is 1.84. The number of ether oxygens (including phenoxy) is 1. The van der Waals surface area contributed by atoms with E-state index in [1.165, 1.54) is 0 Å². The average Bonchev–Trinajstić information content (AvgIpc) is 2.31. The van der Waals surface area contributed by atoms with Crippen molar-refractivity contribution < 1.29 is 14.3 Å². The highest BCUT2D eigenvalue weighted by Crippen LogP contribution is 2.35. The van der Waals surface area contributed by atoms with Crippen LogP contribution in [0.4, 0.5) is 0 Å². The maximum atomic E-state index is 11.7. The molecule has 17 heavy (non-hydrogen) atoms. The molecule has 1 aliphatic rings. The maximum absolute atomic E-state index is 11.7. The minimum atomic E-state index is -0.580. The molecule has 3 rings (SSSR count). The summed E-state index contributed by atoms with van der Waals surface area (Å²) in [6.07, 6.45) is 0. The molecule has 0 bridgehead atoms. The molecule has 1 aliphatic heterocycles. The van der Waals surface area contributed by atoms with Gasteiger partial charge in [-0.3, -0.25) is 0 Å². The molecule has 0 aliphatic carbocycles. The Bertz CT molecular complexity index is 689. The topological polar surface area (TPSA) is 43.4 Å². The van der Waals surface area contributed by atoms with E-state index in [2.05, 4.69) is 15.9 Å². The Kier molecular flexibility index (Phi) is 2.10. The lowest BCUT2D eigenvalue weighted by Crippen LogP contribution is -2.19. The maximum Gasteiger partial charge on any atom is 0.346 e. The van der Waals surface area contributed by atoms with E-state index in [-0.39, 0.29) is 0 Å². The Morgan fingerprint density at radius 2 is 1.82 bits per heavy atom. The highest BCUT2D eigenvalue weighted by molar-refractivity contribution is 9.10. The number of rotatable bonds is 0. The predicted octanol–water partition coefficient (Wildman–Crippen LogP) is 3.22. The first-order valence-corrected chi connectivity index (χ1v) is 5.87. The van der Waals surface area contributed by atoms with Crippen LogP contribution < -0.4 is 0 Å². The van der Waals surface area contributed by atoms with E-state index in [9.17, 15) is 9.59 Å². The summed E-state index contributed by atoms with van der Waals surface area (Å²) in [5, 5.41) is 1.54. The van der Waals surface area contributed by atoms with Gasteiger partial charge in [-0.2, -0.15) is 0 Å². The Morgan fingerprint density at radius 3 is 2.59 bits per heavy atom. The summed E-state index contributed by atoms with van der Waals surface area (Å²) in [7, 11) is 0. The van der Waals surface area contributed by atoms with E-state index >= 15 is 0 Å². The van der Waals surface area contributed by atoms with Gasteiger partial charge in [-0.05, 0) is 45.9 Å². The van der Waals surface area contributed by atoms with Crippen LogP contribution in [-0.4, -0.2) is 11.9 Å². The van der Waals surface area contributed by atoms with Crippen molar-refractivity contribution in [3.05, 3.63) is 45.4 Å². The zero-order valence-electron chi connectivity index (χ0n) is 8.91. The number of hydrogen-bond donors (Lipinski definition) is 0. The minimum Gasteiger partial charge on any atom is -0.386 e. The smallest absolute Gasteiger partial charge is 0.346 e. The molecule has 3 nitrogen and oxygen atoms in total. The Morgan fingerprint density at radius 1 is 1.12 bits per heavy atom. The van der Waals surface area contributed by atoms with Crippen LogP contribution >= 0.6 is 15.9 Å². The first-order valence-electron chi connectivity index (χ1n) is 5.08. The Balaban J connectivity index is 2.59. The van der Waals surface area contributed by atoms with Crippen molar-refractivity contribution in [1.82, 2.24) is 0 Å². The molecule has 0 aromatic heterocycles. The second kappa shape index (κ2) is 3.40. The van der Waals surface area contributed by atoms with Crippen LogP contribution in [-0.2, 0) is 4.74 Å². The van der Waals surface area contributed by atoms with Gasteiger partial charge in [-0.25, -0.2) is 9.59 Å². The van der Waals surface area contributed by atoms with Gasteiger partial charge in [0.05, 0.1) is 11.1 Å². The first kappa shape index (κ1) is 10.5. The minimum absolute atomic E-state index is 0.442. The third kappa shape index (κ3) is 1.34. The van der Waals surface area contributed by atoms with Gasteiger partial charge in [0.2, 0.25) is 0 Å². The molecular weight excluding hydrogens is 284 g/mol. The standard InChI is InChI=1S/C13H7BrO3/c1-6-5-9-10-7(11(6)14)3-2-4-8(10)12(15)17-13(9)16/h2-5H,1H3. The second-order valence-electron chi connectivity index (χ2n) is 3.96. The SMILES string of the molecule is Cc1cc2c3c(cccc3c1Br)C(=O)OC2=O. The second-order valence-corrected chi connectivity index (χ2v) is 4.75. The van der Waals surface area contributed by atoms with Crippen molar-refractivity contribution in [2.75, 3.05) is 0 Å². The number of halogens is 1. The molecule has 4 heteroatoms. The monoisotopic (exact) mass is 290 g/mol. The van der Waals surface area contributed by atoms with E-state index in [1.54, 1.807) is 18.2 Å². The van der Waals surface area contributed by atoms with E-state index in [0.29, 0.717) is 16.5 Å². The van der Waals surface area contributed by atoms with Crippen molar-refractivity contribution in [2.45, 2.75) is 6.92 Å². The lowest BCUT2D eigenvalue weighted by atomic mass is 9.95. The number of aryl methyl sites for hydroxylation is 1. The molecule has 0 atom stereocenters. The summed E-state index contributed by atoms with van der Waals surface area (Å²) >= 11 is 3.48. The van der Waals surface area contributed by atoms with Crippen LogP contribution in [0.5, 0.6) is 0 Å². The molecule has 2 aromatic rings. The molecule has 0 amide bonds. The molecule has 0 fully saturated rings. The summed E-state index contributed by atoms with van der Waals surface area (Å²) < 4.78 is 5.61. The largest absolute Gasteiger partial charge is 0.386 e. The van der Waals surface area contributed by atoms with Crippen LogP contribution in [0.15, 0.2) is 28.7 Å². The fourth-order valence-corrected chi connectivity index (χ4v) is 2.56. The highest BCUT2D eigenvalue weighted by atomic mass is 79.9. The molecule has 2 aromatic carbocycles. The molecule has 84 valence electrons. The Hall–Kier alpha value is -1.68. The van der Waals surface area contributed by atoms with Crippen molar-refractivity contribution in [2.24, 2.45) is 0 Å². The fraction of sp³-hybridized carbons (Fsp3) is 0.0769. The van der Waals surface area contributed by atoms with Gasteiger partial charge in [0.15, 0.2) is 0 Å². The first-order chi connectivity index (χ1) is 8.09. The average molecular weight is 291 g/mol. The van der Waals surface area contributed by atoms with Gasteiger partial charge < -0.3 is 4.74 Å². The number of hydrogen-bond acceptors (Lipinski definition) is 3. The number of carbonyl (C=O) groups is 2. The fourth-order valence-electron chi connectivity index (χ4n) is 2.12. The molecule has 0 saturated carbocycles. The summed E-state index contributed by atoms with van der Waals surface area (Å²) in [4.78, 5) is 23.3. The normalized spacial score (nSPS) is 14.0. The van der Waals surface area contributed by atoms with Gasteiger partial charge in [0, 0.05) is 9.86 Å². The van der Waals surface area contributed by atoms with Gasteiger partial charge in [-0.1, -0.05) is 12.1 Å². The zero-order valence-corrected chi connectivity index (χ0v) is 10.5. The van der Waals surface area contributed by atoms with Gasteiger partial charge >= 0.3 is 11.9 Å². The van der Waals surface area contributed by atoms with Crippen molar-refractivity contribution in [3.8, 4) is 0 Å². The van der Waals surface area contributed by atoms with Crippen molar-refractivity contribution in [1.29, 1.82) is 0 Å². The number of esters is 2. The summed E-state index contributed by atoms with van der Waals surface area (Å²) in [5.74, 6) is -1.15. The van der Waals surface area contributed by atoms with Gasteiger partial charge in [0.1, 0.15) is 0 Å². The molecule has 0 unspecified atom stereocenters.